The highest BCUT2D eigenvalue weighted by Crippen LogP contribution is 2.33. The monoisotopic (exact) mass is 349 g/mol. The van der Waals surface area contributed by atoms with Crippen molar-refractivity contribution in [3.8, 4) is 5.75 Å². The zero-order chi connectivity index (χ0) is 17.1. The van der Waals surface area contributed by atoms with Crippen LogP contribution in [0.1, 0.15) is 12.5 Å². The number of hydrogen-bond acceptors (Lipinski definition) is 4. The summed E-state index contributed by atoms with van der Waals surface area (Å²) in [5.41, 5.74) is -2.50. The first-order valence-corrected chi connectivity index (χ1v) is 6.67. The summed E-state index contributed by atoms with van der Waals surface area (Å²) in [4.78, 5) is 34.1. The van der Waals surface area contributed by atoms with E-state index in [2.05, 4.69) is 0 Å². The summed E-state index contributed by atoms with van der Waals surface area (Å²) in [5, 5.41) is 20.6. The lowest BCUT2D eigenvalue weighted by molar-refractivity contribution is -0.161. The molecule has 3 N–H and O–H groups in total. The van der Waals surface area contributed by atoms with Crippen LogP contribution in [0.2, 0.25) is 10.0 Å². The van der Waals surface area contributed by atoms with Crippen molar-refractivity contribution in [3.05, 3.63) is 27.7 Å². The molecule has 7 nitrogen and oxygen atoms in total. The smallest absolute Gasteiger partial charge is 0.341 e. The van der Waals surface area contributed by atoms with Crippen LogP contribution in [0.15, 0.2) is 12.1 Å². The Morgan fingerprint density at radius 2 is 1.64 bits per heavy atom. The molecule has 0 aliphatic rings. The summed E-state index contributed by atoms with van der Waals surface area (Å²) in [6, 6.07) is 2.73. The number of carboxylic acid groups (broad SMARTS) is 2. The van der Waals surface area contributed by atoms with E-state index < -0.39 is 29.8 Å². The maximum absolute atomic E-state index is 11.4. The molecule has 0 saturated heterocycles. The van der Waals surface area contributed by atoms with E-state index in [9.17, 15) is 24.6 Å². The molecular weight excluding hydrogens is 337 g/mol. The van der Waals surface area contributed by atoms with E-state index in [0.717, 1.165) is 6.92 Å². The molecule has 0 spiro atoms. The van der Waals surface area contributed by atoms with Crippen molar-refractivity contribution in [2.45, 2.75) is 18.9 Å². The van der Waals surface area contributed by atoms with Gasteiger partial charge in [-0.2, -0.15) is 0 Å². The van der Waals surface area contributed by atoms with E-state index in [0.29, 0.717) is 5.75 Å². The molecule has 0 heterocycles. The van der Waals surface area contributed by atoms with Crippen molar-refractivity contribution < 1.29 is 29.3 Å². The standard InChI is InChI=1S/C13H13Cl2NO6/c1-6(17)16-13(11(18)19,12(20)21)5-8-9(14)3-7(22-2)4-10(8)15/h3-4H,5H2,1-2H3,(H,16,17)(H,18,19)(H,20,21). The van der Waals surface area contributed by atoms with E-state index >= 15 is 0 Å². The summed E-state index contributed by atoms with van der Waals surface area (Å²) in [7, 11) is 1.39. The van der Waals surface area contributed by atoms with Crippen LogP contribution in [0.3, 0.4) is 0 Å². The van der Waals surface area contributed by atoms with Gasteiger partial charge >= 0.3 is 11.9 Å². The molecule has 0 radical (unpaired) electrons. The maximum Gasteiger partial charge on any atom is 0.341 e. The Kier molecular flexibility index (Phi) is 5.62. The third kappa shape index (κ3) is 3.61. The zero-order valence-electron chi connectivity index (χ0n) is 11.6. The first-order valence-electron chi connectivity index (χ1n) is 5.91. The number of carboxylic acids is 2. The lowest BCUT2D eigenvalue weighted by atomic mass is 9.90. The number of hydrogen-bond donors (Lipinski definition) is 3. The lowest BCUT2D eigenvalue weighted by Crippen LogP contribution is -2.61. The Balaban J connectivity index is 3.40. The van der Waals surface area contributed by atoms with Crippen LogP contribution in [0.5, 0.6) is 5.75 Å². The molecule has 0 aliphatic heterocycles. The van der Waals surface area contributed by atoms with Gasteiger partial charge < -0.3 is 20.3 Å². The number of rotatable bonds is 6. The Bertz CT molecular complexity index is 594. The highest BCUT2D eigenvalue weighted by molar-refractivity contribution is 6.36. The Labute approximate surface area is 135 Å². The van der Waals surface area contributed by atoms with Crippen LogP contribution in [-0.2, 0) is 20.8 Å². The number of aliphatic carboxylic acids is 2. The normalized spacial score (nSPS) is 10.9. The molecule has 0 fully saturated rings. The molecule has 9 heteroatoms. The van der Waals surface area contributed by atoms with Gasteiger partial charge in [-0.1, -0.05) is 23.2 Å². The number of carbonyl (C=O) groups excluding carboxylic acids is 1. The highest BCUT2D eigenvalue weighted by atomic mass is 35.5. The van der Waals surface area contributed by atoms with Gasteiger partial charge in [-0.25, -0.2) is 9.59 Å². The van der Waals surface area contributed by atoms with E-state index in [4.69, 9.17) is 27.9 Å². The minimum atomic E-state index is -2.58. The molecule has 1 aromatic carbocycles. The van der Waals surface area contributed by atoms with Crippen LogP contribution in [0.4, 0.5) is 0 Å². The predicted octanol–water partition coefficient (Wildman–Crippen LogP) is 1.59. The van der Waals surface area contributed by atoms with Crippen molar-refractivity contribution in [2.75, 3.05) is 7.11 Å². The van der Waals surface area contributed by atoms with Gasteiger partial charge in [0.25, 0.3) is 0 Å². The lowest BCUT2D eigenvalue weighted by Gasteiger charge is -2.26. The van der Waals surface area contributed by atoms with Gasteiger partial charge in [-0.05, 0) is 17.7 Å². The second-order valence-corrected chi connectivity index (χ2v) is 5.26. The number of methoxy groups -OCH3 is 1. The number of halogens is 2. The number of benzene rings is 1. The van der Waals surface area contributed by atoms with Crippen molar-refractivity contribution in [3.63, 3.8) is 0 Å². The van der Waals surface area contributed by atoms with Crippen molar-refractivity contribution >= 4 is 41.0 Å². The third-order valence-electron chi connectivity index (χ3n) is 2.91. The Morgan fingerprint density at radius 3 is 1.95 bits per heavy atom. The van der Waals surface area contributed by atoms with Crippen LogP contribution in [0, 0.1) is 0 Å². The predicted molar refractivity (Wildman–Crippen MR) is 78.5 cm³/mol. The average Bonchev–Trinajstić information content (AvgIpc) is 2.40. The highest BCUT2D eigenvalue weighted by Gasteiger charge is 2.48. The minimum absolute atomic E-state index is 0.0292. The van der Waals surface area contributed by atoms with Gasteiger partial charge in [0.2, 0.25) is 11.4 Å². The second kappa shape index (κ2) is 6.85. The molecule has 0 aliphatic carbocycles. The summed E-state index contributed by atoms with van der Waals surface area (Å²) in [6.07, 6.45) is -0.626. The van der Waals surface area contributed by atoms with Crippen LogP contribution >= 0.6 is 23.2 Å². The summed E-state index contributed by atoms with van der Waals surface area (Å²) < 4.78 is 4.95. The van der Waals surface area contributed by atoms with E-state index in [1.54, 1.807) is 0 Å². The molecule has 0 bridgehead atoms. The SMILES string of the molecule is COc1cc(Cl)c(CC(NC(C)=O)(C(=O)O)C(=O)O)c(Cl)c1. The summed E-state index contributed by atoms with van der Waals surface area (Å²) in [6.45, 7) is 1.01. The van der Waals surface area contributed by atoms with Crippen molar-refractivity contribution in [1.29, 1.82) is 0 Å². The third-order valence-corrected chi connectivity index (χ3v) is 3.59. The fourth-order valence-electron chi connectivity index (χ4n) is 1.83. The van der Waals surface area contributed by atoms with E-state index in [1.807, 2.05) is 5.32 Å². The quantitative estimate of drug-likeness (QED) is 0.672. The molecule has 0 atom stereocenters. The zero-order valence-corrected chi connectivity index (χ0v) is 13.2. The first kappa shape index (κ1) is 18.1. The van der Waals surface area contributed by atoms with Gasteiger partial charge in [0.05, 0.1) is 7.11 Å². The molecule has 0 saturated carbocycles. The topological polar surface area (TPSA) is 113 Å². The fraction of sp³-hybridized carbons (Fsp3) is 0.308. The molecule has 0 aromatic heterocycles. The van der Waals surface area contributed by atoms with Gasteiger partial charge in [0.1, 0.15) is 5.75 Å². The summed E-state index contributed by atoms with van der Waals surface area (Å²) >= 11 is 12.0. The fourth-order valence-corrected chi connectivity index (χ4v) is 2.43. The molecule has 120 valence electrons. The first-order chi connectivity index (χ1) is 10.1. The van der Waals surface area contributed by atoms with Gasteiger partial charge in [-0.3, -0.25) is 4.79 Å². The molecule has 1 rings (SSSR count). The average molecular weight is 350 g/mol. The molecule has 1 aromatic rings. The van der Waals surface area contributed by atoms with Crippen LogP contribution in [0.25, 0.3) is 0 Å². The minimum Gasteiger partial charge on any atom is -0.497 e. The van der Waals surface area contributed by atoms with Gasteiger partial charge in [0.15, 0.2) is 0 Å². The largest absolute Gasteiger partial charge is 0.497 e. The number of nitrogens with one attached hydrogen (secondary N) is 1. The van der Waals surface area contributed by atoms with Crippen LogP contribution < -0.4 is 10.1 Å². The number of carbonyl (C=O) groups is 3. The second-order valence-electron chi connectivity index (χ2n) is 4.44. The summed E-state index contributed by atoms with van der Waals surface area (Å²) in [5.74, 6) is -3.96. The Hall–Kier alpha value is -1.99. The van der Waals surface area contributed by atoms with E-state index in [1.165, 1.54) is 19.2 Å². The number of amides is 1. The Morgan fingerprint density at radius 1 is 1.18 bits per heavy atom. The van der Waals surface area contributed by atoms with Crippen LogP contribution in [-0.4, -0.2) is 40.7 Å². The van der Waals surface area contributed by atoms with Gasteiger partial charge in [0, 0.05) is 23.4 Å². The van der Waals surface area contributed by atoms with E-state index in [-0.39, 0.29) is 15.6 Å². The number of ether oxygens (including phenoxy) is 1. The molecule has 1 amide bonds. The molecular formula is C13H13Cl2NO6. The molecule has 0 unspecified atom stereocenters. The molecule has 22 heavy (non-hydrogen) atoms. The maximum atomic E-state index is 11.4. The van der Waals surface area contributed by atoms with Gasteiger partial charge in [-0.15, -0.1) is 0 Å². The van der Waals surface area contributed by atoms with Crippen molar-refractivity contribution in [2.24, 2.45) is 0 Å². The van der Waals surface area contributed by atoms with Crippen molar-refractivity contribution in [1.82, 2.24) is 5.32 Å².